The molecule has 0 aromatic rings. The third-order valence-electron chi connectivity index (χ3n) is 5.25. The van der Waals surface area contributed by atoms with Crippen LogP contribution in [0, 0.1) is 5.41 Å². The van der Waals surface area contributed by atoms with E-state index in [0.717, 1.165) is 39.1 Å². The molecule has 0 N–H and O–H groups in total. The number of nitrogens with zero attached hydrogens (tertiary/aromatic N) is 2. The molecule has 1 spiro atoms. The smallest absolute Gasteiger partial charge is 0.170 e. The molecular weight excluding hydrogens is 264 g/mol. The molecule has 0 bridgehead atoms. The van der Waals surface area contributed by atoms with E-state index >= 15 is 0 Å². The highest BCUT2D eigenvalue weighted by molar-refractivity contribution is 4.85. The van der Waals surface area contributed by atoms with E-state index in [2.05, 4.69) is 23.6 Å². The summed E-state index contributed by atoms with van der Waals surface area (Å²) in [5.41, 5.74) is 0.177. The second kappa shape index (κ2) is 6.53. The Balaban J connectivity index is 1.39. The molecule has 3 fully saturated rings. The van der Waals surface area contributed by atoms with Crippen LogP contribution in [-0.4, -0.2) is 68.1 Å². The lowest BCUT2D eigenvalue weighted by atomic mass is 9.92. The van der Waals surface area contributed by atoms with Crippen molar-refractivity contribution in [1.82, 2.24) is 9.80 Å². The minimum atomic E-state index is -0.267. The highest BCUT2D eigenvalue weighted by Gasteiger charge is 2.42. The fourth-order valence-corrected chi connectivity index (χ4v) is 3.61. The molecule has 3 saturated heterocycles. The van der Waals surface area contributed by atoms with Crippen molar-refractivity contribution in [3.63, 3.8) is 0 Å². The maximum Gasteiger partial charge on any atom is 0.170 e. The molecule has 3 aliphatic heterocycles. The highest BCUT2D eigenvalue weighted by atomic mass is 16.7. The van der Waals surface area contributed by atoms with Crippen molar-refractivity contribution in [3.8, 4) is 0 Å². The zero-order chi connectivity index (χ0) is 14.8. The molecule has 0 atom stereocenters. The van der Waals surface area contributed by atoms with E-state index in [1.807, 2.05) is 0 Å². The molecular formula is C17H32N2O2. The van der Waals surface area contributed by atoms with E-state index in [4.69, 9.17) is 9.47 Å². The second-order valence-electron chi connectivity index (χ2n) is 7.90. The zero-order valence-corrected chi connectivity index (χ0v) is 13.9. The maximum absolute atomic E-state index is 6.11. The van der Waals surface area contributed by atoms with E-state index in [1.165, 1.54) is 45.4 Å². The molecule has 122 valence electrons. The van der Waals surface area contributed by atoms with Crippen molar-refractivity contribution in [3.05, 3.63) is 0 Å². The normalized spacial score (nSPS) is 30.6. The van der Waals surface area contributed by atoms with Crippen molar-refractivity contribution < 1.29 is 9.47 Å². The van der Waals surface area contributed by atoms with Crippen LogP contribution in [-0.2, 0) is 9.47 Å². The number of hydrogen-bond donors (Lipinski definition) is 0. The number of ether oxygens (including phenoxy) is 2. The third kappa shape index (κ3) is 4.19. The summed E-state index contributed by atoms with van der Waals surface area (Å²) in [6.07, 6.45) is 6.26. The Morgan fingerprint density at radius 2 is 1.29 bits per heavy atom. The summed E-state index contributed by atoms with van der Waals surface area (Å²) in [5, 5.41) is 0. The lowest BCUT2D eigenvalue weighted by molar-refractivity contribution is -0.313. The Morgan fingerprint density at radius 1 is 0.762 bits per heavy atom. The summed E-state index contributed by atoms with van der Waals surface area (Å²) in [6.45, 7) is 13.4. The Hall–Kier alpha value is -0.160. The minimum absolute atomic E-state index is 0.177. The van der Waals surface area contributed by atoms with Gasteiger partial charge in [0, 0.05) is 44.4 Å². The van der Waals surface area contributed by atoms with Gasteiger partial charge in [0.05, 0.1) is 13.2 Å². The van der Waals surface area contributed by atoms with Gasteiger partial charge < -0.3 is 19.3 Å². The first-order valence-corrected chi connectivity index (χ1v) is 8.80. The lowest BCUT2D eigenvalue weighted by Gasteiger charge is -2.47. The average molecular weight is 296 g/mol. The number of likely N-dealkylation sites (tertiary alicyclic amines) is 2. The summed E-state index contributed by atoms with van der Waals surface area (Å²) in [7, 11) is 0. The van der Waals surface area contributed by atoms with Gasteiger partial charge in [-0.25, -0.2) is 0 Å². The molecule has 3 heterocycles. The standard InChI is InChI=1S/C17H32N2O2/c1-16(2)14-20-17(21-15-16)6-10-19(11-7-17)13-12-18-8-4-3-5-9-18/h3-15H2,1-2H3. The van der Waals surface area contributed by atoms with Gasteiger partial charge in [0.1, 0.15) is 0 Å². The molecule has 0 aromatic carbocycles. The minimum Gasteiger partial charge on any atom is -0.349 e. The first-order valence-electron chi connectivity index (χ1n) is 8.80. The Labute approximate surface area is 129 Å². The van der Waals surface area contributed by atoms with Crippen LogP contribution in [0.3, 0.4) is 0 Å². The molecule has 3 rings (SSSR count). The molecule has 0 unspecified atom stereocenters. The summed E-state index contributed by atoms with van der Waals surface area (Å²) in [4.78, 5) is 5.22. The quantitative estimate of drug-likeness (QED) is 0.798. The summed E-state index contributed by atoms with van der Waals surface area (Å²) in [5.74, 6) is -0.267. The summed E-state index contributed by atoms with van der Waals surface area (Å²) in [6, 6.07) is 0. The van der Waals surface area contributed by atoms with Gasteiger partial charge in [-0.2, -0.15) is 0 Å². The predicted molar refractivity (Wildman–Crippen MR) is 84.4 cm³/mol. The zero-order valence-electron chi connectivity index (χ0n) is 13.9. The van der Waals surface area contributed by atoms with Crippen LogP contribution >= 0.6 is 0 Å². The van der Waals surface area contributed by atoms with E-state index in [1.54, 1.807) is 0 Å². The van der Waals surface area contributed by atoms with Crippen LogP contribution in [0.4, 0.5) is 0 Å². The molecule has 0 amide bonds. The first kappa shape index (κ1) is 15.7. The highest BCUT2D eigenvalue weighted by Crippen LogP contribution is 2.36. The van der Waals surface area contributed by atoms with E-state index in [9.17, 15) is 0 Å². The summed E-state index contributed by atoms with van der Waals surface area (Å²) < 4.78 is 12.2. The van der Waals surface area contributed by atoms with E-state index in [-0.39, 0.29) is 11.2 Å². The predicted octanol–water partition coefficient (Wildman–Crippen LogP) is 2.34. The Bertz CT molecular complexity index is 320. The molecule has 0 saturated carbocycles. The second-order valence-corrected chi connectivity index (χ2v) is 7.90. The van der Waals surface area contributed by atoms with Crippen LogP contribution in [0.25, 0.3) is 0 Å². The van der Waals surface area contributed by atoms with Gasteiger partial charge in [-0.3, -0.25) is 0 Å². The molecule has 3 aliphatic rings. The lowest BCUT2D eigenvalue weighted by Crippen LogP contribution is -2.54. The van der Waals surface area contributed by atoms with Gasteiger partial charge in [-0.1, -0.05) is 20.3 Å². The Kier molecular flexibility index (Phi) is 4.89. The van der Waals surface area contributed by atoms with E-state index < -0.39 is 0 Å². The van der Waals surface area contributed by atoms with Crippen LogP contribution in [0.1, 0.15) is 46.0 Å². The number of hydrogen-bond acceptors (Lipinski definition) is 4. The third-order valence-corrected chi connectivity index (χ3v) is 5.25. The van der Waals surface area contributed by atoms with Crippen LogP contribution in [0.15, 0.2) is 0 Å². The molecule has 0 radical (unpaired) electrons. The summed E-state index contributed by atoms with van der Waals surface area (Å²) >= 11 is 0. The average Bonchev–Trinajstić information content (AvgIpc) is 2.51. The number of piperidine rings is 2. The SMILES string of the molecule is CC1(C)COC2(CCN(CCN3CCCCC3)CC2)OC1. The largest absolute Gasteiger partial charge is 0.349 e. The fraction of sp³-hybridized carbons (Fsp3) is 1.00. The van der Waals surface area contributed by atoms with Gasteiger partial charge in [0.2, 0.25) is 0 Å². The van der Waals surface area contributed by atoms with Gasteiger partial charge in [-0.15, -0.1) is 0 Å². The molecule has 0 aliphatic carbocycles. The van der Waals surface area contributed by atoms with Gasteiger partial charge >= 0.3 is 0 Å². The maximum atomic E-state index is 6.11. The van der Waals surface area contributed by atoms with Crippen molar-refractivity contribution in [1.29, 1.82) is 0 Å². The molecule has 4 nitrogen and oxygen atoms in total. The van der Waals surface area contributed by atoms with Crippen LogP contribution in [0.5, 0.6) is 0 Å². The van der Waals surface area contributed by atoms with E-state index in [0.29, 0.717) is 0 Å². The molecule has 0 aromatic heterocycles. The monoisotopic (exact) mass is 296 g/mol. The van der Waals surface area contributed by atoms with Crippen LogP contribution in [0.2, 0.25) is 0 Å². The Morgan fingerprint density at radius 3 is 1.86 bits per heavy atom. The van der Waals surface area contributed by atoms with Gasteiger partial charge in [0.15, 0.2) is 5.79 Å². The first-order chi connectivity index (χ1) is 10.1. The van der Waals surface area contributed by atoms with Crippen molar-refractivity contribution >= 4 is 0 Å². The number of rotatable bonds is 3. The van der Waals surface area contributed by atoms with Crippen molar-refractivity contribution in [2.45, 2.75) is 51.7 Å². The van der Waals surface area contributed by atoms with Crippen LogP contribution < -0.4 is 0 Å². The topological polar surface area (TPSA) is 24.9 Å². The molecule has 21 heavy (non-hydrogen) atoms. The fourth-order valence-electron chi connectivity index (χ4n) is 3.61. The molecule has 4 heteroatoms. The van der Waals surface area contributed by atoms with Crippen molar-refractivity contribution in [2.75, 3.05) is 52.5 Å². The van der Waals surface area contributed by atoms with Crippen molar-refractivity contribution in [2.24, 2.45) is 5.41 Å². The van der Waals surface area contributed by atoms with Gasteiger partial charge in [-0.05, 0) is 25.9 Å². The van der Waals surface area contributed by atoms with Gasteiger partial charge in [0.25, 0.3) is 0 Å².